The molecule has 0 atom stereocenters. The van der Waals surface area contributed by atoms with Crippen molar-refractivity contribution in [3.05, 3.63) is 41.1 Å². The molecular weight excluding hydrogens is 271 g/mol. The number of hydrogen-bond acceptors (Lipinski definition) is 3. The van der Waals surface area contributed by atoms with Gasteiger partial charge in [0.1, 0.15) is 5.75 Å². The Morgan fingerprint density at radius 3 is 2.35 bits per heavy atom. The van der Waals surface area contributed by atoms with Gasteiger partial charge in [-0.15, -0.1) is 0 Å². The van der Waals surface area contributed by atoms with Gasteiger partial charge in [-0.2, -0.15) is 18.3 Å². The maximum absolute atomic E-state index is 12.5. The molecule has 0 amide bonds. The van der Waals surface area contributed by atoms with Crippen molar-refractivity contribution in [3.8, 4) is 11.6 Å². The smallest absolute Gasteiger partial charge is 0.416 e. The average Bonchev–Trinajstić information content (AvgIpc) is 2.63. The van der Waals surface area contributed by atoms with Crippen LogP contribution in [0.1, 0.15) is 16.8 Å². The zero-order valence-corrected chi connectivity index (χ0v) is 11.0. The number of aromatic nitrogens is 2. The number of rotatable bonds is 3. The summed E-state index contributed by atoms with van der Waals surface area (Å²) in [5.41, 5.74) is 6.36. The van der Waals surface area contributed by atoms with E-state index in [1.807, 2.05) is 0 Å². The molecule has 7 heteroatoms. The zero-order chi connectivity index (χ0) is 14.9. The van der Waals surface area contributed by atoms with Gasteiger partial charge in [-0.1, -0.05) is 0 Å². The first kappa shape index (κ1) is 14.4. The minimum absolute atomic E-state index is 0.246. The van der Waals surface area contributed by atoms with E-state index in [1.54, 1.807) is 14.0 Å². The SMILES string of the molecule is Cc1nn(C)c(Oc2ccc(C(F)(F)F)cc2)c1CN. The molecule has 0 bridgehead atoms. The molecule has 0 aliphatic heterocycles. The van der Waals surface area contributed by atoms with Crippen molar-refractivity contribution in [2.75, 3.05) is 0 Å². The summed E-state index contributed by atoms with van der Waals surface area (Å²) in [5.74, 6) is 0.737. The van der Waals surface area contributed by atoms with Crippen LogP contribution in [0.5, 0.6) is 11.6 Å². The molecule has 2 aromatic rings. The van der Waals surface area contributed by atoms with Crippen LogP contribution in [0.3, 0.4) is 0 Å². The molecule has 0 spiro atoms. The fraction of sp³-hybridized carbons (Fsp3) is 0.308. The molecule has 1 heterocycles. The van der Waals surface area contributed by atoms with Gasteiger partial charge >= 0.3 is 6.18 Å². The summed E-state index contributed by atoms with van der Waals surface area (Å²) in [6, 6.07) is 4.48. The van der Waals surface area contributed by atoms with Gasteiger partial charge in [0.25, 0.3) is 0 Å². The van der Waals surface area contributed by atoms with E-state index < -0.39 is 11.7 Å². The fourth-order valence-electron chi connectivity index (χ4n) is 1.87. The summed E-state index contributed by atoms with van der Waals surface area (Å²) < 4.78 is 44.5. The standard InChI is InChI=1S/C13H14F3N3O/c1-8-11(7-17)12(19(2)18-8)20-10-5-3-9(4-6-10)13(14,15)16/h3-6H,7,17H2,1-2H3. The molecule has 2 rings (SSSR count). The molecule has 20 heavy (non-hydrogen) atoms. The van der Waals surface area contributed by atoms with Crippen LogP contribution in [0, 0.1) is 6.92 Å². The lowest BCUT2D eigenvalue weighted by molar-refractivity contribution is -0.137. The topological polar surface area (TPSA) is 53.1 Å². The molecule has 4 nitrogen and oxygen atoms in total. The quantitative estimate of drug-likeness (QED) is 0.943. The second-order valence-corrected chi connectivity index (χ2v) is 4.32. The molecule has 0 aliphatic carbocycles. The Hall–Kier alpha value is -2.02. The highest BCUT2D eigenvalue weighted by molar-refractivity contribution is 5.37. The number of alkyl halides is 3. The average molecular weight is 285 g/mol. The lowest BCUT2D eigenvalue weighted by Crippen LogP contribution is -2.04. The number of aryl methyl sites for hydroxylation is 2. The molecule has 0 saturated heterocycles. The molecule has 2 N–H and O–H groups in total. The van der Waals surface area contributed by atoms with Crippen LogP contribution in [0.2, 0.25) is 0 Å². The van der Waals surface area contributed by atoms with Gasteiger partial charge in [0.2, 0.25) is 5.88 Å². The van der Waals surface area contributed by atoms with E-state index in [9.17, 15) is 13.2 Å². The van der Waals surface area contributed by atoms with Crippen LogP contribution in [0.25, 0.3) is 0 Å². The molecule has 0 aliphatic rings. The normalized spacial score (nSPS) is 11.7. The summed E-state index contributed by atoms with van der Waals surface area (Å²) in [4.78, 5) is 0. The number of halogens is 3. The second kappa shape index (κ2) is 5.16. The molecule has 108 valence electrons. The van der Waals surface area contributed by atoms with Crippen molar-refractivity contribution in [1.29, 1.82) is 0 Å². The molecule has 1 aromatic carbocycles. The number of ether oxygens (including phenoxy) is 1. The molecular formula is C13H14F3N3O. The largest absolute Gasteiger partial charge is 0.439 e. The van der Waals surface area contributed by atoms with E-state index >= 15 is 0 Å². The van der Waals surface area contributed by atoms with Crippen molar-refractivity contribution in [1.82, 2.24) is 9.78 Å². The molecule has 0 unspecified atom stereocenters. The second-order valence-electron chi connectivity index (χ2n) is 4.32. The van der Waals surface area contributed by atoms with Gasteiger partial charge < -0.3 is 10.5 Å². The van der Waals surface area contributed by atoms with Crippen molar-refractivity contribution in [2.45, 2.75) is 19.6 Å². The minimum atomic E-state index is -4.36. The first-order valence-electron chi connectivity index (χ1n) is 5.90. The Balaban J connectivity index is 2.27. The maximum atomic E-state index is 12.5. The monoisotopic (exact) mass is 285 g/mol. The van der Waals surface area contributed by atoms with Gasteiger partial charge in [0.05, 0.1) is 16.8 Å². The van der Waals surface area contributed by atoms with Crippen molar-refractivity contribution < 1.29 is 17.9 Å². The molecule has 0 saturated carbocycles. The third-order valence-electron chi connectivity index (χ3n) is 2.89. The summed E-state index contributed by atoms with van der Waals surface area (Å²) in [6.07, 6.45) is -4.36. The maximum Gasteiger partial charge on any atom is 0.416 e. The van der Waals surface area contributed by atoms with Crippen molar-refractivity contribution in [2.24, 2.45) is 12.8 Å². The van der Waals surface area contributed by atoms with Gasteiger partial charge in [-0.3, -0.25) is 0 Å². The predicted octanol–water partition coefficient (Wildman–Crippen LogP) is 3.00. The van der Waals surface area contributed by atoms with Gasteiger partial charge in [0, 0.05) is 13.6 Å². The first-order valence-corrected chi connectivity index (χ1v) is 5.90. The summed E-state index contributed by atoms with van der Waals surface area (Å²) >= 11 is 0. The predicted molar refractivity (Wildman–Crippen MR) is 67.4 cm³/mol. The Bertz CT molecular complexity index is 603. The van der Waals surface area contributed by atoms with E-state index in [1.165, 1.54) is 16.8 Å². The van der Waals surface area contributed by atoms with Gasteiger partial charge in [-0.05, 0) is 31.2 Å². The first-order chi connectivity index (χ1) is 9.32. The highest BCUT2D eigenvalue weighted by Crippen LogP contribution is 2.32. The third-order valence-corrected chi connectivity index (χ3v) is 2.89. The van der Waals surface area contributed by atoms with Gasteiger partial charge in [0.15, 0.2) is 0 Å². The number of hydrogen-bond donors (Lipinski definition) is 1. The van der Waals surface area contributed by atoms with E-state index in [4.69, 9.17) is 10.5 Å². The number of benzene rings is 1. The summed E-state index contributed by atoms with van der Waals surface area (Å²) in [7, 11) is 1.69. The Morgan fingerprint density at radius 2 is 1.85 bits per heavy atom. The summed E-state index contributed by atoms with van der Waals surface area (Å²) in [5, 5.41) is 4.17. The Morgan fingerprint density at radius 1 is 1.25 bits per heavy atom. The number of nitrogens with two attached hydrogens (primary N) is 1. The van der Waals surface area contributed by atoms with Gasteiger partial charge in [-0.25, -0.2) is 4.68 Å². The Kier molecular flexibility index (Phi) is 3.71. The fourth-order valence-corrected chi connectivity index (χ4v) is 1.87. The van der Waals surface area contributed by atoms with Crippen LogP contribution in [0.4, 0.5) is 13.2 Å². The zero-order valence-electron chi connectivity index (χ0n) is 11.0. The van der Waals surface area contributed by atoms with E-state index in [0.717, 1.165) is 23.4 Å². The lowest BCUT2D eigenvalue weighted by atomic mass is 10.2. The number of nitrogens with zero attached hydrogens (tertiary/aromatic N) is 2. The lowest BCUT2D eigenvalue weighted by Gasteiger charge is -2.10. The van der Waals surface area contributed by atoms with Crippen LogP contribution in [-0.4, -0.2) is 9.78 Å². The van der Waals surface area contributed by atoms with Crippen LogP contribution in [-0.2, 0) is 19.8 Å². The van der Waals surface area contributed by atoms with E-state index in [0.29, 0.717) is 11.6 Å². The highest BCUT2D eigenvalue weighted by Gasteiger charge is 2.30. The summed E-state index contributed by atoms with van der Waals surface area (Å²) in [6.45, 7) is 2.04. The van der Waals surface area contributed by atoms with Crippen LogP contribution >= 0.6 is 0 Å². The van der Waals surface area contributed by atoms with Crippen LogP contribution in [0.15, 0.2) is 24.3 Å². The van der Waals surface area contributed by atoms with Crippen molar-refractivity contribution >= 4 is 0 Å². The Labute approximate surface area is 114 Å². The molecule has 1 aromatic heterocycles. The molecule has 0 radical (unpaired) electrons. The van der Waals surface area contributed by atoms with Crippen molar-refractivity contribution in [3.63, 3.8) is 0 Å². The molecule has 0 fully saturated rings. The van der Waals surface area contributed by atoms with E-state index in [2.05, 4.69) is 5.10 Å². The third kappa shape index (κ3) is 2.77. The van der Waals surface area contributed by atoms with E-state index in [-0.39, 0.29) is 6.54 Å². The highest BCUT2D eigenvalue weighted by atomic mass is 19.4. The van der Waals surface area contributed by atoms with Crippen LogP contribution < -0.4 is 10.5 Å². The minimum Gasteiger partial charge on any atom is -0.439 e.